The summed E-state index contributed by atoms with van der Waals surface area (Å²) in [4.78, 5) is 29.6. The van der Waals surface area contributed by atoms with E-state index >= 15 is 0 Å². The van der Waals surface area contributed by atoms with Crippen molar-refractivity contribution in [2.24, 2.45) is 0 Å². The van der Waals surface area contributed by atoms with Gasteiger partial charge in [0.25, 0.3) is 11.7 Å². The molecule has 0 aliphatic carbocycles. The fourth-order valence-corrected chi connectivity index (χ4v) is 4.41. The van der Waals surface area contributed by atoms with E-state index in [1.54, 1.807) is 17.0 Å². The number of carbonyl (C=O) groups is 2. The average molecular weight is 435 g/mol. The number of aliphatic hydroxyl groups excluding tert-OH is 1. The molecule has 0 bridgehead atoms. The SMILES string of the molecule is CCCN1C(=O)C(=O)/C(=C(\O)c2ccc3c(c2)N(C)CCO3)C1c1ccc(C(C)C)cc1. The summed E-state index contributed by atoms with van der Waals surface area (Å²) in [5.41, 5.74) is 3.49. The Morgan fingerprint density at radius 3 is 2.53 bits per heavy atom. The van der Waals surface area contributed by atoms with Crippen LogP contribution < -0.4 is 9.64 Å². The molecule has 2 aromatic carbocycles. The van der Waals surface area contributed by atoms with E-state index in [1.165, 1.54) is 5.56 Å². The van der Waals surface area contributed by atoms with Crippen molar-refractivity contribution in [3.05, 3.63) is 64.7 Å². The highest BCUT2D eigenvalue weighted by atomic mass is 16.5. The summed E-state index contributed by atoms with van der Waals surface area (Å²) in [6, 6.07) is 12.7. The van der Waals surface area contributed by atoms with Crippen LogP contribution in [0.5, 0.6) is 5.75 Å². The Morgan fingerprint density at radius 1 is 1.16 bits per heavy atom. The van der Waals surface area contributed by atoms with Crippen molar-refractivity contribution in [1.82, 2.24) is 4.90 Å². The van der Waals surface area contributed by atoms with E-state index in [2.05, 4.69) is 13.8 Å². The zero-order chi connectivity index (χ0) is 23.0. The molecular formula is C26H30N2O4. The first kappa shape index (κ1) is 21.9. The summed E-state index contributed by atoms with van der Waals surface area (Å²) < 4.78 is 5.69. The van der Waals surface area contributed by atoms with Crippen LogP contribution >= 0.6 is 0 Å². The highest BCUT2D eigenvalue weighted by Gasteiger charge is 2.45. The molecule has 0 radical (unpaired) electrons. The number of Topliss-reactive ketones (excluding diaryl/α,β-unsaturated/α-hetero) is 1. The monoisotopic (exact) mass is 434 g/mol. The van der Waals surface area contributed by atoms with Gasteiger partial charge in [-0.3, -0.25) is 9.59 Å². The Bertz CT molecular complexity index is 1070. The molecule has 2 aromatic rings. The van der Waals surface area contributed by atoms with E-state index < -0.39 is 17.7 Å². The summed E-state index contributed by atoms with van der Waals surface area (Å²) in [6.07, 6.45) is 0.717. The summed E-state index contributed by atoms with van der Waals surface area (Å²) in [6.45, 7) is 7.99. The largest absolute Gasteiger partial charge is 0.507 e. The van der Waals surface area contributed by atoms with Gasteiger partial charge in [0.05, 0.1) is 23.8 Å². The molecule has 2 aliphatic rings. The third-order valence-electron chi connectivity index (χ3n) is 6.25. The Hall–Kier alpha value is -3.28. The molecule has 4 rings (SSSR count). The van der Waals surface area contributed by atoms with E-state index in [0.717, 1.165) is 23.5 Å². The third-order valence-corrected chi connectivity index (χ3v) is 6.25. The van der Waals surface area contributed by atoms with Crippen molar-refractivity contribution in [3.63, 3.8) is 0 Å². The Balaban J connectivity index is 1.83. The standard InChI is InChI=1S/C26H30N2O4/c1-5-12-28-23(18-8-6-17(7-9-18)16(2)3)22(25(30)26(28)31)24(29)19-10-11-21-20(15-19)27(4)13-14-32-21/h6-11,15-16,23,29H,5,12-14H2,1-4H3/b24-22-. The number of ketones is 1. The van der Waals surface area contributed by atoms with Crippen molar-refractivity contribution in [3.8, 4) is 5.75 Å². The lowest BCUT2D eigenvalue weighted by molar-refractivity contribution is -0.139. The molecule has 2 aliphatic heterocycles. The van der Waals surface area contributed by atoms with E-state index in [-0.39, 0.29) is 11.3 Å². The maximum Gasteiger partial charge on any atom is 0.295 e. The van der Waals surface area contributed by atoms with Crippen molar-refractivity contribution < 1.29 is 19.4 Å². The van der Waals surface area contributed by atoms with Gasteiger partial charge in [-0.25, -0.2) is 0 Å². The maximum atomic E-state index is 13.1. The predicted octanol–water partition coefficient (Wildman–Crippen LogP) is 4.47. The van der Waals surface area contributed by atoms with Crippen LogP contribution in [0.2, 0.25) is 0 Å². The molecule has 0 spiro atoms. The molecule has 1 atom stereocenters. The third kappa shape index (κ3) is 3.74. The molecular weight excluding hydrogens is 404 g/mol. The number of likely N-dealkylation sites (tertiary alicyclic amines) is 1. The van der Waals surface area contributed by atoms with E-state index in [4.69, 9.17) is 4.74 Å². The van der Waals surface area contributed by atoms with Gasteiger partial charge in [-0.15, -0.1) is 0 Å². The van der Waals surface area contributed by atoms with Crippen molar-refractivity contribution in [1.29, 1.82) is 0 Å². The van der Waals surface area contributed by atoms with Crippen molar-refractivity contribution >= 4 is 23.1 Å². The number of fused-ring (bicyclic) bond motifs is 1. The number of nitrogens with zero attached hydrogens (tertiary/aromatic N) is 2. The molecule has 6 heteroatoms. The molecule has 168 valence electrons. The first-order chi connectivity index (χ1) is 15.3. The number of benzene rings is 2. The molecule has 0 aromatic heterocycles. The van der Waals surface area contributed by atoms with Gasteiger partial charge in [-0.05, 0) is 41.7 Å². The summed E-state index contributed by atoms with van der Waals surface area (Å²) in [7, 11) is 1.96. The zero-order valence-corrected chi connectivity index (χ0v) is 19.1. The van der Waals surface area contributed by atoms with Gasteiger partial charge < -0.3 is 19.6 Å². The second-order valence-electron chi connectivity index (χ2n) is 8.77. The fraction of sp³-hybridized carbons (Fsp3) is 0.385. The molecule has 2 heterocycles. The number of anilines is 1. The number of aliphatic hydroxyl groups is 1. The molecule has 1 unspecified atom stereocenters. The summed E-state index contributed by atoms with van der Waals surface area (Å²) in [5.74, 6) is -0.245. The van der Waals surface area contributed by atoms with E-state index in [9.17, 15) is 14.7 Å². The van der Waals surface area contributed by atoms with Gasteiger partial charge in [0.1, 0.15) is 18.1 Å². The van der Waals surface area contributed by atoms with Gasteiger partial charge in [-0.1, -0.05) is 45.0 Å². The molecule has 32 heavy (non-hydrogen) atoms. The van der Waals surface area contributed by atoms with Gasteiger partial charge in [0, 0.05) is 19.2 Å². The number of ether oxygens (including phenoxy) is 1. The summed E-state index contributed by atoms with van der Waals surface area (Å²) in [5, 5.41) is 11.3. The average Bonchev–Trinajstić information content (AvgIpc) is 3.04. The molecule has 1 N–H and O–H groups in total. The maximum absolute atomic E-state index is 13.1. The van der Waals surface area contributed by atoms with Crippen LogP contribution in [0.25, 0.3) is 5.76 Å². The van der Waals surface area contributed by atoms with Crippen LogP contribution in [0.15, 0.2) is 48.0 Å². The first-order valence-electron chi connectivity index (χ1n) is 11.2. The van der Waals surface area contributed by atoms with Crippen LogP contribution in [-0.4, -0.2) is 48.4 Å². The summed E-state index contributed by atoms with van der Waals surface area (Å²) >= 11 is 0. The number of hydrogen-bond donors (Lipinski definition) is 1. The van der Waals surface area contributed by atoms with Crippen LogP contribution in [0, 0.1) is 0 Å². The molecule has 1 fully saturated rings. The number of hydrogen-bond acceptors (Lipinski definition) is 5. The smallest absolute Gasteiger partial charge is 0.295 e. The predicted molar refractivity (Wildman–Crippen MR) is 125 cm³/mol. The number of amides is 1. The number of carbonyl (C=O) groups excluding carboxylic acids is 2. The fourth-order valence-electron chi connectivity index (χ4n) is 4.41. The Morgan fingerprint density at radius 2 is 1.88 bits per heavy atom. The minimum absolute atomic E-state index is 0.139. The second-order valence-corrected chi connectivity index (χ2v) is 8.77. The number of rotatable bonds is 5. The molecule has 1 amide bonds. The number of likely N-dealkylation sites (N-methyl/N-ethyl adjacent to an activating group) is 1. The first-order valence-corrected chi connectivity index (χ1v) is 11.2. The van der Waals surface area contributed by atoms with Crippen LogP contribution in [-0.2, 0) is 9.59 Å². The lowest BCUT2D eigenvalue weighted by Gasteiger charge is -2.28. The van der Waals surface area contributed by atoms with Crippen molar-refractivity contribution in [2.45, 2.75) is 39.2 Å². The van der Waals surface area contributed by atoms with Gasteiger partial charge in [0.2, 0.25) is 0 Å². The van der Waals surface area contributed by atoms with E-state index in [1.807, 2.05) is 49.2 Å². The highest BCUT2D eigenvalue weighted by Crippen LogP contribution is 2.41. The quantitative estimate of drug-likeness (QED) is 0.427. The minimum Gasteiger partial charge on any atom is -0.507 e. The molecule has 6 nitrogen and oxygen atoms in total. The van der Waals surface area contributed by atoms with Gasteiger partial charge >= 0.3 is 0 Å². The van der Waals surface area contributed by atoms with Crippen LogP contribution in [0.3, 0.4) is 0 Å². The second kappa shape index (κ2) is 8.69. The van der Waals surface area contributed by atoms with Crippen LogP contribution in [0.4, 0.5) is 5.69 Å². The zero-order valence-electron chi connectivity index (χ0n) is 19.1. The van der Waals surface area contributed by atoms with E-state index in [0.29, 0.717) is 31.1 Å². The van der Waals surface area contributed by atoms with Crippen molar-refractivity contribution in [2.75, 3.05) is 31.6 Å². The molecule has 1 saturated heterocycles. The minimum atomic E-state index is -0.642. The van der Waals surface area contributed by atoms with Gasteiger partial charge in [-0.2, -0.15) is 0 Å². The Kier molecular flexibility index (Phi) is 5.96. The van der Waals surface area contributed by atoms with Gasteiger partial charge in [0.15, 0.2) is 0 Å². The topological polar surface area (TPSA) is 70.1 Å². The lowest BCUT2D eigenvalue weighted by atomic mass is 9.93. The normalized spacial score (nSPS) is 20.0. The van der Waals surface area contributed by atoms with Crippen LogP contribution in [0.1, 0.15) is 55.8 Å². The highest BCUT2D eigenvalue weighted by molar-refractivity contribution is 6.46. The Labute approximate surface area is 189 Å². The molecule has 0 saturated carbocycles. The lowest BCUT2D eigenvalue weighted by Crippen LogP contribution is -2.30.